The summed E-state index contributed by atoms with van der Waals surface area (Å²) in [6.45, 7) is 1.93. The number of nitrogens with zero attached hydrogens (tertiary/aromatic N) is 2. The molecule has 0 saturated carbocycles. The third-order valence-corrected chi connectivity index (χ3v) is 4.86. The van der Waals surface area contributed by atoms with Gasteiger partial charge in [-0.15, -0.1) is 0 Å². The molecule has 28 heavy (non-hydrogen) atoms. The van der Waals surface area contributed by atoms with E-state index in [1.807, 2.05) is 30.3 Å². The van der Waals surface area contributed by atoms with Crippen molar-refractivity contribution in [1.29, 1.82) is 5.26 Å². The fourth-order valence-electron chi connectivity index (χ4n) is 3.17. The average molecular weight is 400 g/mol. The largest absolute Gasteiger partial charge is 0.493 e. The molecule has 0 radical (unpaired) electrons. The summed E-state index contributed by atoms with van der Waals surface area (Å²) in [5.74, 6) is 0.231. The molecule has 6 nitrogen and oxygen atoms in total. The van der Waals surface area contributed by atoms with Crippen molar-refractivity contribution in [3.05, 3.63) is 47.0 Å². The van der Waals surface area contributed by atoms with Gasteiger partial charge in [0.1, 0.15) is 0 Å². The highest BCUT2D eigenvalue weighted by molar-refractivity contribution is 6.32. The SMILES string of the molecule is COc1cc(C#N)cc(Cl)c1OCC(=O)Nc1ccc(N2CCCCC2)cc1. The number of amides is 1. The molecule has 146 valence electrons. The van der Waals surface area contributed by atoms with Crippen molar-refractivity contribution in [3.8, 4) is 17.6 Å². The number of nitriles is 1. The summed E-state index contributed by atoms with van der Waals surface area (Å²) in [5.41, 5.74) is 2.22. The van der Waals surface area contributed by atoms with Crippen molar-refractivity contribution in [2.75, 3.05) is 37.0 Å². The topological polar surface area (TPSA) is 74.6 Å². The maximum absolute atomic E-state index is 12.2. The summed E-state index contributed by atoms with van der Waals surface area (Å²) in [5, 5.41) is 12.0. The predicted molar refractivity (Wildman–Crippen MR) is 109 cm³/mol. The number of hydrogen-bond acceptors (Lipinski definition) is 5. The van der Waals surface area contributed by atoms with Crippen LogP contribution in [0.5, 0.6) is 11.5 Å². The number of carbonyl (C=O) groups excluding carboxylic acids is 1. The van der Waals surface area contributed by atoms with E-state index in [2.05, 4.69) is 10.2 Å². The smallest absolute Gasteiger partial charge is 0.262 e. The second kappa shape index (κ2) is 9.34. The Bertz CT molecular complexity index is 872. The van der Waals surface area contributed by atoms with E-state index in [1.165, 1.54) is 44.2 Å². The first-order valence-electron chi connectivity index (χ1n) is 9.16. The van der Waals surface area contributed by atoms with Crippen molar-refractivity contribution < 1.29 is 14.3 Å². The zero-order chi connectivity index (χ0) is 19.9. The maximum atomic E-state index is 12.2. The number of piperidine rings is 1. The Hall–Kier alpha value is -2.91. The minimum atomic E-state index is -0.312. The van der Waals surface area contributed by atoms with Crippen molar-refractivity contribution >= 4 is 28.9 Å². The van der Waals surface area contributed by atoms with Crippen LogP contribution in [0.1, 0.15) is 24.8 Å². The zero-order valence-corrected chi connectivity index (χ0v) is 16.5. The second-order valence-electron chi connectivity index (χ2n) is 6.53. The Morgan fingerprint density at radius 3 is 2.57 bits per heavy atom. The molecule has 0 bridgehead atoms. The Morgan fingerprint density at radius 2 is 1.93 bits per heavy atom. The fraction of sp³-hybridized carbons (Fsp3) is 0.333. The quantitative estimate of drug-likeness (QED) is 0.786. The van der Waals surface area contributed by atoms with E-state index < -0.39 is 0 Å². The van der Waals surface area contributed by atoms with Crippen LogP contribution < -0.4 is 19.7 Å². The van der Waals surface area contributed by atoms with Crippen LogP contribution in [0.25, 0.3) is 0 Å². The number of anilines is 2. The lowest BCUT2D eigenvalue weighted by atomic mass is 10.1. The summed E-state index contributed by atoms with van der Waals surface area (Å²) in [4.78, 5) is 14.6. The Balaban J connectivity index is 1.58. The molecule has 0 atom stereocenters. The third kappa shape index (κ3) is 4.87. The lowest BCUT2D eigenvalue weighted by molar-refractivity contribution is -0.118. The van der Waals surface area contributed by atoms with Gasteiger partial charge in [0.2, 0.25) is 0 Å². The van der Waals surface area contributed by atoms with Crippen molar-refractivity contribution in [2.45, 2.75) is 19.3 Å². The van der Waals surface area contributed by atoms with Crippen molar-refractivity contribution in [1.82, 2.24) is 0 Å². The molecule has 7 heteroatoms. The van der Waals surface area contributed by atoms with Crippen LogP contribution in [0, 0.1) is 11.3 Å². The number of halogens is 1. The number of rotatable bonds is 6. The van der Waals surface area contributed by atoms with E-state index in [-0.39, 0.29) is 23.3 Å². The minimum absolute atomic E-state index is 0.217. The molecule has 1 N–H and O–H groups in total. The zero-order valence-electron chi connectivity index (χ0n) is 15.7. The van der Waals surface area contributed by atoms with E-state index in [0.29, 0.717) is 17.0 Å². The molecule has 0 aliphatic carbocycles. The number of nitrogens with one attached hydrogen (secondary N) is 1. The predicted octanol–water partition coefficient (Wildman–Crippen LogP) is 4.23. The summed E-state index contributed by atoms with van der Waals surface area (Å²) < 4.78 is 10.7. The number of benzene rings is 2. The van der Waals surface area contributed by atoms with Crippen molar-refractivity contribution in [3.63, 3.8) is 0 Å². The van der Waals surface area contributed by atoms with E-state index in [1.54, 1.807) is 0 Å². The minimum Gasteiger partial charge on any atom is -0.493 e. The van der Waals surface area contributed by atoms with Gasteiger partial charge in [0.25, 0.3) is 5.91 Å². The molecular formula is C21H22ClN3O3. The lowest BCUT2D eigenvalue weighted by Gasteiger charge is -2.28. The first kappa shape index (κ1) is 19.8. The van der Waals surface area contributed by atoms with Crippen LogP contribution in [-0.2, 0) is 4.79 Å². The lowest BCUT2D eigenvalue weighted by Crippen LogP contribution is -2.29. The molecule has 2 aromatic rings. The molecule has 1 fully saturated rings. The molecule has 1 aliphatic heterocycles. The van der Waals surface area contributed by atoms with Crippen LogP contribution in [0.2, 0.25) is 5.02 Å². The highest BCUT2D eigenvalue weighted by Gasteiger charge is 2.15. The van der Waals surface area contributed by atoms with Gasteiger partial charge in [0.15, 0.2) is 18.1 Å². The standard InChI is InChI=1S/C21H22ClN3O3/c1-27-19-12-15(13-23)11-18(22)21(19)28-14-20(26)24-16-5-7-17(8-6-16)25-9-3-2-4-10-25/h5-8,11-12H,2-4,9-10,14H2,1H3,(H,24,26). The third-order valence-electron chi connectivity index (χ3n) is 4.58. The molecular weight excluding hydrogens is 378 g/mol. The Labute approximate surface area is 169 Å². The van der Waals surface area contributed by atoms with Gasteiger partial charge in [-0.25, -0.2) is 0 Å². The Kier molecular flexibility index (Phi) is 6.62. The fourth-order valence-corrected chi connectivity index (χ4v) is 3.43. The summed E-state index contributed by atoms with van der Waals surface area (Å²) in [7, 11) is 1.45. The molecule has 1 heterocycles. The van der Waals surface area contributed by atoms with Gasteiger partial charge >= 0.3 is 0 Å². The normalized spacial score (nSPS) is 13.5. The van der Waals surface area contributed by atoms with Gasteiger partial charge < -0.3 is 19.7 Å². The van der Waals surface area contributed by atoms with Gasteiger partial charge in [-0.2, -0.15) is 5.26 Å². The molecule has 1 amide bonds. The second-order valence-corrected chi connectivity index (χ2v) is 6.94. The van der Waals surface area contributed by atoms with Crippen LogP contribution in [0.4, 0.5) is 11.4 Å². The van der Waals surface area contributed by atoms with Gasteiger partial charge in [-0.3, -0.25) is 4.79 Å². The molecule has 0 unspecified atom stereocenters. The van der Waals surface area contributed by atoms with Crippen molar-refractivity contribution in [2.24, 2.45) is 0 Å². The van der Waals surface area contributed by atoms with Crippen LogP contribution in [-0.4, -0.2) is 32.7 Å². The van der Waals surface area contributed by atoms with E-state index in [0.717, 1.165) is 13.1 Å². The van der Waals surface area contributed by atoms with Gasteiger partial charge in [0.05, 0.1) is 23.8 Å². The van der Waals surface area contributed by atoms with E-state index in [9.17, 15) is 4.79 Å². The van der Waals surface area contributed by atoms with E-state index >= 15 is 0 Å². The van der Waals surface area contributed by atoms with E-state index in [4.69, 9.17) is 26.3 Å². The number of ether oxygens (including phenoxy) is 2. The maximum Gasteiger partial charge on any atom is 0.262 e. The first-order chi connectivity index (χ1) is 13.6. The molecule has 0 spiro atoms. The van der Waals surface area contributed by atoms with Crippen LogP contribution >= 0.6 is 11.6 Å². The first-order valence-corrected chi connectivity index (χ1v) is 9.54. The molecule has 0 aromatic heterocycles. The molecule has 1 aliphatic rings. The van der Waals surface area contributed by atoms with Gasteiger partial charge in [0, 0.05) is 30.5 Å². The number of carbonyl (C=O) groups is 1. The highest BCUT2D eigenvalue weighted by Crippen LogP contribution is 2.36. The summed E-state index contributed by atoms with van der Waals surface area (Å²) in [6.07, 6.45) is 3.73. The molecule has 2 aromatic carbocycles. The summed E-state index contributed by atoms with van der Waals surface area (Å²) >= 11 is 6.13. The van der Waals surface area contributed by atoms with Gasteiger partial charge in [-0.1, -0.05) is 11.6 Å². The molecule has 1 saturated heterocycles. The van der Waals surface area contributed by atoms with Gasteiger partial charge in [-0.05, 0) is 49.6 Å². The average Bonchev–Trinajstić information content (AvgIpc) is 2.73. The van der Waals surface area contributed by atoms with Crippen LogP contribution in [0.15, 0.2) is 36.4 Å². The number of methoxy groups -OCH3 is 1. The number of hydrogen-bond donors (Lipinski definition) is 1. The summed E-state index contributed by atoms with van der Waals surface area (Å²) in [6, 6.07) is 12.8. The molecule has 3 rings (SSSR count). The van der Waals surface area contributed by atoms with Crippen LogP contribution in [0.3, 0.4) is 0 Å². The monoisotopic (exact) mass is 399 g/mol. The Morgan fingerprint density at radius 1 is 1.21 bits per heavy atom. The highest BCUT2D eigenvalue weighted by atomic mass is 35.5.